The van der Waals surface area contributed by atoms with E-state index in [0.29, 0.717) is 0 Å². The fourth-order valence-electron chi connectivity index (χ4n) is 2.74. The lowest BCUT2D eigenvalue weighted by atomic mass is 9.76. The SMILES string of the molecule is CCC1(C(=O)NCCCOCC2CC2)CCNCC1. The predicted octanol–water partition coefficient (Wildman–Crippen LogP) is 1.70. The molecule has 1 saturated carbocycles. The van der Waals surface area contributed by atoms with E-state index in [9.17, 15) is 4.79 Å². The number of hydrogen-bond acceptors (Lipinski definition) is 3. The van der Waals surface area contributed by atoms with E-state index in [1.54, 1.807) is 0 Å². The number of hydrogen-bond donors (Lipinski definition) is 2. The molecule has 0 aromatic carbocycles. The van der Waals surface area contributed by atoms with Crippen LogP contribution in [0.1, 0.15) is 45.4 Å². The van der Waals surface area contributed by atoms with Crippen molar-refractivity contribution in [3.8, 4) is 0 Å². The molecule has 4 heteroatoms. The molecule has 1 saturated heterocycles. The smallest absolute Gasteiger partial charge is 0.226 e. The van der Waals surface area contributed by atoms with Gasteiger partial charge in [0.25, 0.3) is 0 Å². The monoisotopic (exact) mass is 268 g/mol. The summed E-state index contributed by atoms with van der Waals surface area (Å²) in [7, 11) is 0. The molecule has 1 heterocycles. The molecule has 0 radical (unpaired) electrons. The highest BCUT2D eigenvalue weighted by molar-refractivity contribution is 5.82. The van der Waals surface area contributed by atoms with Gasteiger partial charge in [-0.05, 0) is 57.5 Å². The fraction of sp³-hybridized carbons (Fsp3) is 0.933. The van der Waals surface area contributed by atoms with Gasteiger partial charge in [-0.25, -0.2) is 0 Å². The molecule has 1 amide bonds. The normalized spacial score (nSPS) is 22.2. The average molecular weight is 268 g/mol. The van der Waals surface area contributed by atoms with Crippen molar-refractivity contribution in [3.05, 3.63) is 0 Å². The summed E-state index contributed by atoms with van der Waals surface area (Å²) in [4.78, 5) is 12.3. The Hall–Kier alpha value is -0.610. The zero-order valence-electron chi connectivity index (χ0n) is 12.2. The number of ether oxygens (including phenoxy) is 1. The lowest BCUT2D eigenvalue weighted by Gasteiger charge is -2.35. The van der Waals surface area contributed by atoms with E-state index in [2.05, 4.69) is 17.6 Å². The Morgan fingerprint density at radius 1 is 1.37 bits per heavy atom. The Labute approximate surface area is 116 Å². The van der Waals surface area contributed by atoms with Crippen LogP contribution in [0, 0.1) is 11.3 Å². The molecule has 4 nitrogen and oxygen atoms in total. The summed E-state index contributed by atoms with van der Waals surface area (Å²) in [5.74, 6) is 1.08. The second-order valence-electron chi connectivity index (χ2n) is 6.01. The second kappa shape index (κ2) is 7.25. The van der Waals surface area contributed by atoms with Crippen LogP contribution in [-0.4, -0.2) is 38.8 Å². The zero-order valence-corrected chi connectivity index (χ0v) is 12.2. The molecule has 0 aromatic rings. The Morgan fingerprint density at radius 3 is 2.74 bits per heavy atom. The van der Waals surface area contributed by atoms with Gasteiger partial charge in [0.15, 0.2) is 0 Å². The molecule has 1 aliphatic heterocycles. The molecule has 0 aromatic heterocycles. The third-order valence-electron chi connectivity index (χ3n) is 4.52. The molecular weight excluding hydrogens is 240 g/mol. The fourth-order valence-corrected chi connectivity index (χ4v) is 2.74. The van der Waals surface area contributed by atoms with Gasteiger partial charge < -0.3 is 15.4 Å². The molecule has 0 spiro atoms. The highest BCUT2D eigenvalue weighted by Gasteiger charge is 2.37. The number of carbonyl (C=O) groups excluding carboxylic acids is 1. The van der Waals surface area contributed by atoms with Gasteiger partial charge >= 0.3 is 0 Å². The summed E-state index contributed by atoms with van der Waals surface area (Å²) in [6.45, 7) is 6.50. The van der Waals surface area contributed by atoms with Crippen molar-refractivity contribution in [1.82, 2.24) is 10.6 Å². The largest absolute Gasteiger partial charge is 0.381 e. The van der Waals surface area contributed by atoms with E-state index in [0.717, 1.165) is 64.4 Å². The quantitative estimate of drug-likeness (QED) is 0.659. The number of nitrogens with one attached hydrogen (secondary N) is 2. The van der Waals surface area contributed by atoms with Crippen molar-refractivity contribution in [1.29, 1.82) is 0 Å². The van der Waals surface area contributed by atoms with Crippen molar-refractivity contribution < 1.29 is 9.53 Å². The van der Waals surface area contributed by atoms with Crippen LogP contribution in [0.2, 0.25) is 0 Å². The highest BCUT2D eigenvalue weighted by atomic mass is 16.5. The first-order chi connectivity index (χ1) is 9.27. The molecule has 2 fully saturated rings. The van der Waals surface area contributed by atoms with E-state index in [4.69, 9.17) is 4.74 Å². The van der Waals surface area contributed by atoms with Crippen LogP contribution >= 0.6 is 0 Å². The van der Waals surface area contributed by atoms with Gasteiger partial charge in [0.2, 0.25) is 5.91 Å². The summed E-state index contributed by atoms with van der Waals surface area (Å²) < 4.78 is 5.58. The first kappa shape index (κ1) is 14.8. The van der Waals surface area contributed by atoms with Crippen molar-refractivity contribution in [2.24, 2.45) is 11.3 Å². The number of carbonyl (C=O) groups is 1. The number of piperidine rings is 1. The van der Waals surface area contributed by atoms with Crippen LogP contribution in [0.25, 0.3) is 0 Å². The molecule has 0 unspecified atom stereocenters. The maximum absolute atomic E-state index is 12.3. The zero-order chi connectivity index (χ0) is 13.6. The van der Waals surface area contributed by atoms with Crippen molar-refractivity contribution in [2.45, 2.75) is 45.4 Å². The summed E-state index contributed by atoms with van der Waals surface area (Å²) >= 11 is 0. The lowest BCUT2D eigenvalue weighted by molar-refractivity contribution is -0.132. The van der Waals surface area contributed by atoms with Gasteiger partial charge in [0.05, 0.1) is 5.41 Å². The van der Waals surface area contributed by atoms with E-state index in [1.807, 2.05) is 0 Å². The van der Waals surface area contributed by atoms with E-state index >= 15 is 0 Å². The Bertz CT molecular complexity index is 284. The van der Waals surface area contributed by atoms with E-state index in [1.165, 1.54) is 12.8 Å². The summed E-state index contributed by atoms with van der Waals surface area (Å²) in [6, 6.07) is 0. The average Bonchev–Trinajstić information content (AvgIpc) is 3.27. The lowest BCUT2D eigenvalue weighted by Crippen LogP contribution is -2.47. The maximum atomic E-state index is 12.3. The van der Waals surface area contributed by atoms with Gasteiger partial charge in [-0.2, -0.15) is 0 Å². The second-order valence-corrected chi connectivity index (χ2v) is 6.01. The third-order valence-corrected chi connectivity index (χ3v) is 4.52. The van der Waals surface area contributed by atoms with Crippen LogP contribution in [-0.2, 0) is 9.53 Å². The molecule has 2 aliphatic rings. The minimum atomic E-state index is -0.125. The van der Waals surface area contributed by atoms with Gasteiger partial charge in [0, 0.05) is 19.8 Å². The van der Waals surface area contributed by atoms with E-state index in [-0.39, 0.29) is 11.3 Å². The summed E-state index contributed by atoms with van der Waals surface area (Å²) in [5, 5.41) is 6.43. The molecule has 0 bridgehead atoms. The minimum Gasteiger partial charge on any atom is -0.381 e. The van der Waals surface area contributed by atoms with Crippen LogP contribution in [0.15, 0.2) is 0 Å². The number of rotatable bonds is 8. The molecule has 0 atom stereocenters. The summed E-state index contributed by atoms with van der Waals surface area (Å²) in [5.41, 5.74) is -0.125. The Morgan fingerprint density at radius 2 is 2.11 bits per heavy atom. The van der Waals surface area contributed by atoms with Gasteiger partial charge in [-0.1, -0.05) is 6.92 Å². The highest BCUT2D eigenvalue weighted by Crippen LogP contribution is 2.32. The predicted molar refractivity (Wildman–Crippen MR) is 76.0 cm³/mol. The van der Waals surface area contributed by atoms with Gasteiger partial charge in [0.1, 0.15) is 0 Å². The molecule has 2 N–H and O–H groups in total. The van der Waals surface area contributed by atoms with Crippen LogP contribution in [0.5, 0.6) is 0 Å². The molecule has 110 valence electrons. The number of amides is 1. The molecule has 19 heavy (non-hydrogen) atoms. The molecule has 1 aliphatic carbocycles. The minimum absolute atomic E-state index is 0.125. The first-order valence-electron chi connectivity index (χ1n) is 7.83. The third kappa shape index (κ3) is 4.46. The van der Waals surface area contributed by atoms with E-state index < -0.39 is 0 Å². The molecule has 2 rings (SSSR count). The first-order valence-corrected chi connectivity index (χ1v) is 7.83. The van der Waals surface area contributed by atoms with Crippen molar-refractivity contribution >= 4 is 5.91 Å². The van der Waals surface area contributed by atoms with Gasteiger partial charge in [-0.15, -0.1) is 0 Å². The topological polar surface area (TPSA) is 50.4 Å². The van der Waals surface area contributed by atoms with Crippen molar-refractivity contribution in [3.63, 3.8) is 0 Å². The van der Waals surface area contributed by atoms with Crippen LogP contribution in [0.4, 0.5) is 0 Å². The van der Waals surface area contributed by atoms with Crippen molar-refractivity contribution in [2.75, 3.05) is 32.8 Å². The standard InChI is InChI=1S/C15H28N2O2/c1-2-15(6-9-16-10-7-15)14(18)17-8-3-11-19-12-13-4-5-13/h13,16H,2-12H2,1H3,(H,17,18). The Balaban J connectivity index is 1.58. The summed E-state index contributed by atoms with van der Waals surface area (Å²) in [6.07, 6.45) is 6.48. The maximum Gasteiger partial charge on any atom is 0.226 e. The van der Waals surface area contributed by atoms with Gasteiger partial charge in [-0.3, -0.25) is 4.79 Å². The Kier molecular flexibility index (Phi) is 5.64. The van der Waals surface area contributed by atoms with Crippen LogP contribution in [0.3, 0.4) is 0 Å². The van der Waals surface area contributed by atoms with Crippen LogP contribution < -0.4 is 10.6 Å². The molecular formula is C15H28N2O2.